The third-order valence-electron chi connectivity index (χ3n) is 16.1. The highest BCUT2D eigenvalue weighted by Gasteiger charge is 2.50. The fourth-order valence-electron chi connectivity index (χ4n) is 13.2. The summed E-state index contributed by atoms with van der Waals surface area (Å²) in [6.07, 6.45) is 0. The SMILES string of the molecule is CC1(C)c2cc3c(cc2B2c4ccc5c(sc6ccccc65)c4N(c4ccccc4)c4cccc1c42)B1c2ccc4c(sc5ccccc54)c2N(c2ccccc2)c2cccc(c21)N3c1ccccc1. The third-order valence-corrected chi connectivity index (χ3v) is 18.5. The Morgan fingerprint density at radius 3 is 1.36 bits per heavy atom. The number of rotatable bonds is 3. The van der Waals surface area contributed by atoms with Gasteiger partial charge in [0.2, 0.25) is 6.71 Å². The van der Waals surface area contributed by atoms with Gasteiger partial charge in [-0.15, -0.1) is 22.7 Å². The Balaban J connectivity index is 1.03. The first kappa shape index (κ1) is 39.1. The van der Waals surface area contributed by atoms with Crippen LogP contribution in [0.25, 0.3) is 40.3 Å². The molecule has 10 aromatic carbocycles. The van der Waals surface area contributed by atoms with Crippen molar-refractivity contribution in [3.8, 4) is 0 Å². The first-order valence-corrected chi connectivity index (χ1v) is 26.0. The second-order valence-corrected chi connectivity index (χ2v) is 22.0. The average molecular weight is 926 g/mol. The van der Waals surface area contributed by atoms with E-state index in [-0.39, 0.29) is 18.8 Å². The minimum absolute atomic E-state index is 0.0138. The summed E-state index contributed by atoms with van der Waals surface area (Å²) in [6.45, 7) is 4.93. The molecule has 3 nitrogen and oxygen atoms in total. The monoisotopic (exact) mass is 925 g/mol. The Bertz CT molecular complexity index is 4200. The smallest absolute Gasteiger partial charge is 0.252 e. The number of nitrogens with zero attached hydrogens (tertiary/aromatic N) is 3. The van der Waals surface area contributed by atoms with Crippen LogP contribution in [-0.4, -0.2) is 13.4 Å². The van der Waals surface area contributed by atoms with Crippen LogP contribution in [0.5, 0.6) is 0 Å². The lowest BCUT2D eigenvalue weighted by molar-refractivity contribution is 0.646. The Labute approximate surface area is 415 Å². The van der Waals surface area contributed by atoms with Gasteiger partial charge in [-0.25, -0.2) is 0 Å². The molecule has 0 amide bonds. The van der Waals surface area contributed by atoms with Gasteiger partial charge in [-0.3, -0.25) is 0 Å². The molecule has 0 bridgehead atoms. The van der Waals surface area contributed by atoms with Crippen molar-refractivity contribution in [1.29, 1.82) is 0 Å². The van der Waals surface area contributed by atoms with E-state index in [0.717, 1.165) is 5.69 Å². The Kier molecular flexibility index (Phi) is 7.89. The molecular weight excluding hydrogens is 884 g/mol. The lowest BCUT2D eigenvalue weighted by Crippen LogP contribution is -2.67. The van der Waals surface area contributed by atoms with Gasteiger partial charge in [-0.05, 0) is 111 Å². The zero-order valence-electron chi connectivity index (χ0n) is 38.5. The first-order valence-electron chi connectivity index (χ1n) is 24.4. The van der Waals surface area contributed by atoms with E-state index in [1.807, 2.05) is 22.7 Å². The largest absolute Gasteiger partial charge is 0.311 e. The van der Waals surface area contributed by atoms with Crippen LogP contribution in [0.4, 0.5) is 51.2 Å². The van der Waals surface area contributed by atoms with Gasteiger partial charge in [0.1, 0.15) is 0 Å². The summed E-state index contributed by atoms with van der Waals surface area (Å²) in [7, 11) is 0. The highest BCUT2D eigenvalue weighted by Crippen LogP contribution is 2.51. The maximum absolute atomic E-state index is 2.69. The molecule has 326 valence electrons. The number of hydrogen-bond acceptors (Lipinski definition) is 5. The molecule has 0 N–H and O–H groups in total. The topological polar surface area (TPSA) is 9.72 Å². The van der Waals surface area contributed by atoms with E-state index >= 15 is 0 Å². The van der Waals surface area contributed by atoms with Crippen molar-refractivity contribution in [2.24, 2.45) is 0 Å². The van der Waals surface area contributed by atoms with E-state index < -0.39 is 0 Å². The average Bonchev–Trinajstić information content (AvgIpc) is 4.00. The lowest BCUT2D eigenvalue weighted by Gasteiger charge is -2.48. The zero-order chi connectivity index (χ0) is 46.0. The van der Waals surface area contributed by atoms with E-state index in [0.29, 0.717) is 0 Å². The van der Waals surface area contributed by atoms with Crippen LogP contribution in [0.3, 0.4) is 0 Å². The minimum Gasteiger partial charge on any atom is -0.311 e. The zero-order valence-corrected chi connectivity index (χ0v) is 40.2. The van der Waals surface area contributed by atoms with Crippen molar-refractivity contribution in [3.05, 3.63) is 223 Å². The molecule has 0 aliphatic carbocycles. The predicted octanol–water partition coefficient (Wildman–Crippen LogP) is 13.4. The fraction of sp³-hybridized carbons (Fsp3) is 0.0476. The molecule has 0 unspecified atom stereocenters. The fourth-order valence-corrected chi connectivity index (χ4v) is 15.7. The molecule has 2 aromatic heterocycles. The minimum atomic E-state index is -0.309. The summed E-state index contributed by atoms with van der Waals surface area (Å²) in [4.78, 5) is 7.74. The van der Waals surface area contributed by atoms with Crippen molar-refractivity contribution in [3.63, 3.8) is 0 Å². The molecule has 0 fully saturated rings. The van der Waals surface area contributed by atoms with Crippen LogP contribution in [-0.2, 0) is 5.41 Å². The van der Waals surface area contributed by atoms with E-state index in [1.54, 1.807) is 0 Å². The molecule has 0 saturated heterocycles. The Morgan fingerprint density at radius 2 is 0.800 bits per heavy atom. The van der Waals surface area contributed by atoms with Gasteiger partial charge >= 0.3 is 0 Å². The molecule has 16 rings (SSSR count). The number of thiophene rings is 2. The van der Waals surface area contributed by atoms with E-state index in [9.17, 15) is 0 Å². The second-order valence-electron chi connectivity index (χ2n) is 19.9. The summed E-state index contributed by atoms with van der Waals surface area (Å²) in [6, 6.07) is 80.3. The van der Waals surface area contributed by atoms with Gasteiger partial charge < -0.3 is 14.7 Å². The maximum Gasteiger partial charge on any atom is 0.252 e. The molecule has 4 aliphatic heterocycles. The van der Waals surface area contributed by atoms with E-state index in [4.69, 9.17) is 0 Å². The van der Waals surface area contributed by atoms with Crippen molar-refractivity contribution in [2.45, 2.75) is 19.3 Å². The molecule has 0 spiro atoms. The van der Waals surface area contributed by atoms with E-state index in [2.05, 4.69) is 241 Å². The van der Waals surface area contributed by atoms with Gasteiger partial charge in [0, 0.05) is 76.2 Å². The number of fused-ring (bicyclic) bond motifs is 16. The third kappa shape index (κ3) is 5.05. The lowest BCUT2D eigenvalue weighted by atomic mass is 9.28. The Morgan fingerprint density at radius 1 is 0.343 bits per heavy atom. The number of benzene rings is 10. The van der Waals surface area contributed by atoms with Crippen LogP contribution < -0.4 is 47.5 Å². The molecule has 4 aliphatic rings. The number of anilines is 9. The van der Waals surface area contributed by atoms with Gasteiger partial charge in [-0.2, -0.15) is 0 Å². The summed E-state index contributed by atoms with van der Waals surface area (Å²) in [5.74, 6) is 0. The first-order chi connectivity index (χ1) is 34.5. The standard InChI is InChI=1S/C63H41B2N3S2/c1-63(2)45-26-16-27-51-57(45)64(47-34-32-43-41-24-12-14-30-55(41)69-61(43)59(47)67(51)39-20-8-4-9-21-39)49-37-50-54(36-46(49)63)66(38-18-6-3-7-19-38)52-28-17-29-53-58(52)65(50)48-35-33-44-42-25-13-15-31-56(42)70-62(44)60(48)68(53)40-22-10-5-11-23-40/h3-37H,1-2H3. The molecular formula is C63H41B2N3S2. The molecule has 0 atom stereocenters. The quantitative estimate of drug-likeness (QED) is 0.164. The summed E-state index contributed by atoms with van der Waals surface area (Å²) >= 11 is 3.86. The molecule has 7 heteroatoms. The van der Waals surface area contributed by atoms with Crippen LogP contribution in [0, 0.1) is 0 Å². The van der Waals surface area contributed by atoms with Crippen LogP contribution in [0.2, 0.25) is 0 Å². The van der Waals surface area contributed by atoms with Crippen LogP contribution >= 0.6 is 22.7 Å². The summed E-state index contributed by atoms with van der Waals surface area (Å²) in [5.41, 5.74) is 21.8. The second kappa shape index (κ2) is 14.1. The highest BCUT2D eigenvalue weighted by molar-refractivity contribution is 7.27. The molecule has 0 saturated carbocycles. The normalized spacial score (nSPS) is 14.7. The molecule has 6 heterocycles. The van der Waals surface area contributed by atoms with Gasteiger partial charge in [0.15, 0.2) is 0 Å². The predicted molar refractivity (Wildman–Crippen MR) is 304 cm³/mol. The van der Waals surface area contributed by atoms with Gasteiger partial charge in [0.05, 0.1) is 20.8 Å². The van der Waals surface area contributed by atoms with Crippen LogP contribution in [0.1, 0.15) is 25.0 Å². The Hall–Kier alpha value is -7.83. The van der Waals surface area contributed by atoms with Gasteiger partial charge in [-0.1, -0.05) is 159 Å². The molecule has 12 aromatic rings. The maximum atomic E-state index is 2.69. The summed E-state index contributed by atoms with van der Waals surface area (Å²) < 4.78 is 5.31. The van der Waals surface area contributed by atoms with Crippen LogP contribution in [0.15, 0.2) is 212 Å². The number of hydrogen-bond donors (Lipinski definition) is 0. The van der Waals surface area contributed by atoms with Crippen molar-refractivity contribution in [1.82, 2.24) is 0 Å². The van der Waals surface area contributed by atoms with Crippen molar-refractivity contribution in [2.75, 3.05) is 14.7 Å². The molecule has 0 radical (unpaired) electrons. The highest BCUT2D eigenvalue weighted by atomic mass is 32.1. The van der Waals surface area contributed by atoms with Crippen molar-refractivity contribution >= 4 is 160 Å². The van der Waals surface area contributed by atoms with E-state index in [1.165, 1.54) is 130 Å². The number of para-hydroxylation sites is 3. The van der Waals surface area contributed by atoms with Gasteiger partial charge in [0.25, 0.3) is 6.71 Å². The molecule has 70 heavy (non-hydrogen) atoms. The summed E-state index contributed by atoms with van der Waals surface area (Å²) in [5, 5.41) is 5.27. The van der Waals surface area contributed by atoms with Crippen molar-refractivity contribution < 1.29 is 0 Å².